The van der Waals surface area contributed by atoms with Gasteiger partial charge in [0.15, 0.2) is 5.92 Å². The number of carbonyl (C=O) groups is 2. The predicted molar refractivity (Wildman–Crippen MR) is 95.4 cm³/mol. The molecule has 25 heavy (non-hydrogen) atoms. The second-order valence-corrected chi connectivity index (χ2v) is 5.73. The van der Waals surface area contributed by atoms with Gasteiger partial charge in [-0.15, -0.1) is 0 Å². The van der Waals surface area contributed by atoms with Gasteiger partial charge in [-0.3, -0.25) is 9.59 Å². The number of ether oxygens (including phenoxy) is 1. The summed E-state index contributed by atoms with van der Waals surface area (Å²) in [4.78, 5) is 25.1. The van der Waals surface area contributed by atoms with Crippen molar-refractivity contribution >= 4 is 23.2 Å². The van der Waals surface area contributed by atoms with E-state index in [4.69, 9.17) is 4.74 Å². The standard InChI is InChI=1S/C19H19N3O3/c1-13-17(18(23)20-12-14-6-4-3-5-7-14)19(24)22(21-13)15-8-10-16(25-2)11-9-15/h3-11,17H,12H2,1-2H3,(H,20,23). The highest BCUT2D eigenvalue weighted by Crippen LogP contribution is 2.26. The molecule has 0 bridgehead atoms. The first-order valence-electron chi connectivity index (χ1n) is 7.95. The number of anilines is 1. The quantitative estimate of drug-likeness (QED) is 0.852. The van der Waals surface area contributed by atoms with Gasteiger partial charge in [0.2, 0.25) is 5.91 Å². The van der Waals surface area contributed by atoms with Gasteiger partial charge in [-0.2, -0.15) is 10.1 Å². The van der Waals surface area contributed by atoms with Gasteiger partial charge < -0.3 is 10.1 Å². The largest absolute Gasteiger partial charge is 0.497 e. The van der Waals surface area contributed by atoms with E-state index < -0.39 is 5.92 Å². The lowest BCUT2D eigenvalue weighted by Gasteiger charge is -2.15. The van der Waals surface area contributed by atoms with Gasteiger partial charge in [0.25, 0.3) is 5.91 Å². The maximum atomic E-state index is 12.6. The second kappa shape index (κ2) is 7.17. The Morgan fingerprint density at radius 3 is 2.48 bits per heavy atom. The maximum absolute atomic E-state index is 12.6. The third kappa shape index (κ3) is 3.52. The number of hydrogen-bond donors (Lipinski definition) is 1. The molecule has 2 aromatic carbocycles. The van der Waals surface area contributed by atoms with Crippen molar-refractivity contribution in [3.8, 4) is 5.75 Å². The minimum atomic E-state index is -0.897. The molecule has 6 heteroatoms. The molecule has 0 saturated carbocycles. The fraction of sp³-hybridized carbons (Fsp3) is 0.211. The molecule has 0 spiro atoms. The van der Waals surface area contributed by atoms with Crippen LogP contribution in [0.25, 0.3) is 0 Å². The third-order valence-electron chi connectivity index (χ3n) is 4.02. The van der Waals surface area contributed by atoms with Crippen molar-refractivity contribution in [2.24, 2.45) is 11.0 Å². The number of hydrogen-bond acceptors (Lipinski definition) is 4. The molecule has 1 heterocycles. The molecule has 1 aliphatic heterocycles. The summed E-state index contributed by atoms with van der Waals surface area (Å²) in [7, 11) is 1.57. The smallest absolute Gasteiger partial charge is 0.265 e. The van der Waals surface area contributed by atoms with Crippen molar-refractivity contribution in [3.05, 3.63) is 60.2 Å². The van der Waals surface area contributed by atoms with Crippen LogP contribution in [-0.2, 0) is 16.1 Å². The first-order chi connectivity index (χ1) is 12.1. The van der Waals surface area contributed by atoms with Crippen LogP contribution in [0, 0.1) is 5.92 Å². The molecule has 6 nitrogen and oxygen atoms in total. The number of methoxy groups -OCH3 is 1. The zero-order valence-corrected chi connectivity index (χ0v) is 14.1. The van der Waals surface area contributed by atoms with E-state index in [9.17, 15) is 9.59 Å². The molecular formula is C19H19N3O3. The van der Waals surface area contributed by atoms with Crippen LogP contribution < -0.4 is 15.1 Å². The van der Waals surface area contributed by atoms with Gasteiger partial charge in [-0.05, 0) is 36.8 Å². The highest BCUT2D eigenvalue weighted by atomic mass is 16.5. The molecule has 2 aromatic rings. The molecule has 1 N–H and O–H groups in total. The van der Waals surface area contributed by atoms with Gasteiger partial charge in [0.1, 0.15) is 5.75 Å². The van der Waals surface area contributed by atoms with Gasteiger partial charge in [-0.1, -0.05) is 30.3 Å². The number of amides is 2. The summed E-state index contributed by atoms with van der Waals surface area (Å²) in [6.45, 7) is 2.06. The zero-order chi connectivity index (χ0) is 17.8. The van der Waals surface area contributed by atoms with Crippen LogP contribution in [0.15, 0.2) is 59.7 Å². The molecule has 1 unspecified atom stereocenters. The van der Waals surface area contributed by atoms with Crippen molar-refractivity contribution in [2.45, 2.75) is 13.5 Å². The normalized spacial score (nSPS) is 16.6. The van der Waals surface area contributed by atoms with Crippen molar-refractivity contribution < 1.29 is 14.3 Å². The average Bonchev–Trinajstić information content (AvgIpc) is 2.95. The van der Waals surface area contributed by atoms with E-state index in [2.05, 4.69) is 10.4 Å². The topological polar surface area (TPSA) is 71.0 Å². The number of rotatable bonds is 5. The average molecular weight is 337 g/mol. The molecular weight excluding hydrogens is 318 g/mol. The van der Waals surface area contributed by atoms with Crippen molar-refractivity contribution in [1.82, 2.24) is 5.32 Å². The van der Waals surface area contributed by atoms with Gasteiger partial charge in [0, 0.05) is 6.54 Å². The molecule has 1 atom stereocenters. The number of benzene rings is 2. The van der Waals surface area contributed by atoms with Crippen LogP contribution >= 0.6 is 0 Å². The molecule has 0 aromatic heterocycles. The lowest BCUT2D eigenvalue weighted by atomic mass is 10.0. The number of hydrazone groups is 1. The molecule has 1 aliphatic rings. The summed E-state index contributed by atoms with van der Waals surface area (Å²) in [5.41, 5.74) is 2.05. The molecule has 3 rings (SSSR count). The Labute approximate surface area is 146 Å². The molecule has 0 radical (unpaired) electrons. The van der Waals surface area contributed by atoms with E-state index in [1.807, 2.05) is 30.3 Å². The van der Waals surface area contributed by atoms with E-state index in [0.717, 1.165) is 5.56 Å². The Balaban J connectivity index is 1.69. The Hall–Kier alpha value is -3.15. The van der Waals surface area contributed by atoms with Crippen LogP contribution in [-0.4, -0.2) is 24.6 Å². The summed E-state index contributed by atoms with van der Waals surface area (Å²) >= 11 is 0. The monoisotopic (exact) mass is 337 g/mol. The highest BCUT2D eigenvalue weighted by Gasteiger charge is 2.39. The Bertz CT molecular complexity index is 800. The van der Waals surface area contributed by atoms with Crippen LogP contribution in [0.4, 0.5) is 5.69 Å². The van der Waals surface area contributed by atoms with E-state index in [1.54, 1.807) is 38.3 Å². The minimum Gasteiger partial charge on any atom is -0.497 e. The first-order valence-corrected chi connectivity index (χ1v) is 7.95. The fourth-order valence-electron chi connectivity index (χ4n) is 2.66. The number of nitrogens with one attached hydrogen (secondary N) is 1. The summed E-state index contributed by atoms with van der Waals surface area (Å²) in [6, 6.07) is 16.5. The zero-order valence-electron chi connectivity index (χ0n) is 14.1. The van der Waals surface area contributed by atoms with Gasteiger partial charge in [-0.25, -0.2) is 0 Å². The maximum Gasteiger partial charge on any atom is 0.265 e. The summed E-state index contributed by atoms with van der Waals surface area (Å²) in [5.74, 6) is -0.904. The minimum absolute atomic E-state index is 0.342. The summed E-state index contributed by atoms with van der Waals surface area (Å²) in [5, 5.41) is 8.32. The van der Waals surface area contributed by atoms with Crippen LogP contribution in [0.1, 0.15) is 12.5 Å². The van der Waals surface area contributed by atoms with E-state index in [0.29, 0.717) is 23.7 Å². The molecule has 2 amide bonds. The van der Waals surface area contributed by atoms with Gasteiger partial charge >= 0.3 is 0 Å². The van der Waals surface area contributed by atoms with E-state index >= 15 is 0 Å². The summed E-state index contributed by atoms with van der Waals surface area (Å²) in [6.07, 6.45) is 0. The van der Waals surface area contributed by atoms with Crippen molar-refractivity contribution in [1.29, 1.82) is 0 Å². The lowest BCUT2D eigenvalue weighted by molar-refractivity contribution is -0.130. The Morgan fingerprint density at radius 2 is 1.84 bits per heavy atom. The SMILES string of the molecule is COc1ccc(N2N=C(C)C(C(=O)NCc3ccccc3)C2=O)cc1. The molecule has 128 valence electrons. The fourth-order valence-corrected chi connectivity index (χ4v) is 2.66. The van der Waals surface area contributed by atoms with Crippen molar-refractivity contribution in [2.75, 3.05) is 12.1 Å². The van der Waals surface area contributed by atoms with Crippen LogP contribution in [0.2, 0.25) is 0 Å². The second-order valence-electron chi connectivity index (χ2n) is 5.73. The van der Waals surface area contributed by atoms with Gasteiger partial charge in [0.05, 0.1) is 18.5 Å². The lowest BCUT2D eigenvalue weighted by Crippen LogP contribution is -2.39. The van der Waals surface area contributed by atoms with Crippen LogP contribution in [0.3, 0.4) is 0 Å². The highest BCUT2D eigenvalue weighted by molar-refractivity contribution is 6.26. The van der Waals surface area contributed by atoms with E-state index in [1.165, 1.54) is 5.01 Å². The predicted octanol–water partition coefficient (Wildman–Crippen LogP) is 2.35. The Kier molecular flexibility index (Phi) is 4.79. The Morgan fingerprint density at radius 1 is 1.16 bits per heavy atom. The molecule has 0 saturated heterocycles. The van der Waals surface area contributed by atoms with Crippen LogP contribution in [0.5, 0.6) is 5.75 Å². The number of nitrogens with zero attached hydrogens (tertiary/aromatic N) is 2. The van der Waals surface area contributed by atoms with Crippen molar-refractivity contribution in [3.63, 3.8) is 0 Å². The van der Waals surface area contributed by atoms with E-state index in [-0.39, 0.29) is 11.8 Å². The first kappa shape index (κ1) is 16.7. The summed E-state index contributed by atoms with van der Waals surface area (Å²) < 4.78 is 5.11. The molecule has 0 fully saturated rings. The third-order valence-corrected chi connectivity index (χ3v) is 4.02. The molecule has 0 aliphatic carbocycles. The number of carbonyl (C=O) groups excluding carboxylic acids is 2.